The van der Waals surface area contributed by atoms with Crippen molar-refractivity contribution in [2.45, 2.75) is 82.3 Å². The van der Waals surface area contributed by atoms with E-state index in [-0.39, 0.29) is 30.4 Å². The topological polar surface area (TPSA) is 40.6 Å². The van der Waals surface area contributed by atoms with Crippen molar-refractivity contribution in [3.05, 3.63) is 34.9 Å². The Morgan fingerprint density at radius 2 is 1.33 bits per heavy atom. The molecular weight excluding hydrogens is 360 g/mol. The molecule has 1 aromatic carbocycles. The summed E-state index contributed by atoms with van der Waals surface area (Å²) < 4.78 is 0. The highest BCUT2D eigenvalue weighted by molar-refractivity contribution is 6.30. The lowest BCUT2D eigenvalue weighted by Crippen LogP contribution is -2.60. The normalized spacial score (nSPS) is 25.9. The highest BCUT2D eigenvalue weighted by atomic mass is 35.5. The minimum absolute atomic E-state index is 0.107. The van der Waals surface area contributed by atoms with Gasteiger partial charge in [0.1, 0.15) is 12.6 Å². The summed E-state index contributed by atoms with van der Waals surface area (Å²) in [5.41, 5.74) is 0.892. The van der Waals surface area contributed by atoms with E-state index >= 15 is 0 Å². The minimum Gasteiger partial charge on any atom is -0.328 e. The van der Waals surface area contributed by atoms with Gasteiger partial charge in [-0.25, -0.2) is 0 Å². The van der Waals surface area contributed by atoms with Crippen molar-refractivity contribution in [3.63, 3.8) is 0 Å². The van der Waals surface area contributed by atoms with Crippen molar-refractivity contribution in [1.82, 2.24) is 9.80 Å². The Balaban J connectivity index is 1.66. The number of benzene rings is 1. The molecule has 146 valence electrons. The van der Waals surface area contributed by atoms with E-state index in [1.165, 1.54) is 12.8 Å². The zero-order valence-corrected chi connectivity index (χ0v) is 16.7. The zero-order valence-electron chi connectivity index (χ0n) is 15.9. The van der Waals surface area contributed by atoms with Crippen LogP contribution in [-0.2, 0) is 9.59 Å². The Hall–Kier alpha value is -1.55. The quantitative estimate of drug-likeness (QED) is 0.703. The lowest BCUT2D eigenvalue weighted by Gasteiger charge is -2.46. The maximum atomic E-state index is 13.6. The van der Waals surface area contributed by atoms with Crippen molar-refractivity contribution in [3.8, 4) is 0 Å². The Morgan fingerprint density at radius 3 is 1.96 bits per heavy atom. The van der Waals surface area contributed by atoms with E-state index in [9.17, 15) is 9.59 Å². The first-order valence-electron chi connectivity index (χ1n) is 10.5. The van der Waals surface area contributed by atoms with Crippen LogP contribution in [0.15, 0.2) is 24.3 Å². The summed E-state index contributed by atoms with van der Waals surface area (Å²) in [6, 6.07) is 7.39. The van der Waals surface area contributed by atoms with E-state index in [4.69, 9.17) is 11.6 Å². The summed E-state index contributed by atoms with van der Waals surface area (Å²) in [6.07, 6.45) is 11.1. The summed E-state index contributed by atoms with van der Waals surface area (Å²) in [5, 5.41) is 0.654. The van der Waals surface area contributed by atoms with Gasteiger partial charge in [-0.05, 0) is 43.4 Å². The maximum absolute atomic E-state index is 13.6. The van der Waals surface area contributed by atoms with Gasteiger partial charge in [0.05, 0.1) is 0 Å². The van der Waals surface area contributed by atoms with Crippen LogP contribution < -0.4 is 0 Å². The molecule has 3 aliphatic rings. The van der Waals surface area contributed by atoms with Gasteiger partial charge in [-0.2, -0.15) is 0 Å². The molecule has 5 heteroatoms. The third-order valence-corrected chi connectivity index (χ3v) is 6.81. The number of carbonyl (C=O) groups is 2. The second kappa shape index (κ2) is 8.22. The molecule has 4 nitrogen and oxygen atoms in total. The Labute approximate surface area is 166 Å². The lowest BCUT2D eigenvalue weighted by atomic mass is 9.95. The van der Waals surface area contributed by atoms with Gasteiger partial charge in [0, 0.05) is 17.1 Å². The monoisotopic (exact) mass is 388 g/mol. The van der Waals surface area contributed by atoms with E-state index in [1.807, 2.05) is 34.1 Å². The van der Waals surface area contributed by atoms with Crippen LogP contribution in [0.25, 0.3) is 0 Å². The van der Waals surface area contributed by atoms with Crippen molar-refractivity contribution in [2.24, 2.45) is 0 Å². The lowest BCUT2D eigenvalue weighted by molar-refractivity contribution is -0.161. The van der Waals surface area contributed by atoms with Crippen molar-refractivity contribution >= 4 is 23.4 Å². The smallest absolute Gasteiger partial charge is 0.250 e. The highest BCUT2D eigenvalue weighted by Gasteiger charge is 2.45. The van der Waals surface area contributed by atoms with Crippen LogP contribution in [0.3, 0.4) is 0 Å². The van der Waals surface area contributed by atoms with E-state index in [0.717, 1.165) is 56.9 Å². The fraction of sp³-hybridized carbons (Fsp3) is 0.636. The molecule has 2 aliphatic carbocycles. The standard InChI is InChI=1S/C22H29ClN2O2/c23-17-13-11-16(12-14-17)21-22(27)24(18-7-3-1-2-4-8-18)15-20(26)25(21)19-9-5-6-10-19/h11-14,18-19,21H,1-10,15H2/t21-/m0/s1. The SMILES string of the molecule is O=C1[C@H](c2ccc(Cl)cc2)N(C2CCCC2)C(=O)CN1C1CCCCCC1. The number of carbonyl (C=O) groups excluding carboxylic acids is 2. The first-order valence-corrected chi connectivity index (χ1v) is 10.9. The summed E-state index contributed by atoms with van der Waals surface area (Å²) in [4.78, 5) is 30.7. The number of nitrogens with zero attached hydrogens (tertiary/aromatic N) is 2. The summed E-state index contributed by atoms with van der Waals surface area (Å²) in [6.45, 7) is 0.254. The molecule has 1 saturated heterocycles. The molecule has 2 amide bonds. The second-order valence-electron chi connectivity index (χ2n) is 8.30. The van der Waals surface area contributed by atoms with E-state index < -0.39 is 6.04 Å². The molecule has 0 aromatic heterocycles. The third-order valence-electron chi connectivity index (χ3n) is 6.56. The van der Waals surface area contributed by atoms with Gasteiger partial charge >= 0.3 is 0 Å². The van der Waals surface area contributed by atoms with Gasteiger partial charge < -0.3 is 9.80 Å². The number of piperazine rings is 1. The second-order valence-corrected chi connectivity index (χ2v) is 8.74. The van der Waals surface area contributed by atoms with E-state index in [0.29, 0.717) is 5.02 Å². The van der Waals surface area contributed by atoms with Gasteiger partial charge in [-0.3, -0.25) is 9.59 Å². The third kappa shape index (κ3) is 3.87. The Kier molecular flexibility index (Phi) is 5.72. The first kappa shape index (κ1) is 18.8. The van der Waals surface area contributed by atoms with Gasteiger partial charge in [0.25, 0.3) is 5.91 Å². The summed E-state index contributed by atoms with van der Waals surface area (Å²) >= 11 is 6.07. The molecule has 0 radical (unpaired) electrons. The molecule has 3 fully saturated rings. The van der Waals surface area contributed by atoms with E-state index in [1.54, 1.807) is 0 Å². The summed E-state index contributed by atoms with van der Waals surface area (Å²) in [5.74, 6) is 0.224. The fourth-order valence-electron chi connectivity index (χ4n) is 5.15. The molecule has 4 rings (SSSR count). The minimum atomic E-state index is -0.491. The average molecular weight is 389 g/mol. The molecule has 1 heterocycles. The number of rotatable bonds is 3. The van der Waals surface area contributed by atoms with Gasteiger partial charge in [0.2, 0.25) is 5.91 Å². The number of hydrogen-bond acceptors (Lipinski definition) is 2. The molecule has 1 aliphatic heterocycles. The van der Waals surface area contributed by atoms with Crippen LogP contribution in [0.4, 0.5) is 0 Å². The molecule has 2 saturated carbocycles. The van der Waals surface area contributed by atoms with Gasteiger partial charge in [-0.15, -0.1) is 0 Å². The van der Waals surface area contributed by atoms with Crippen LogP contribution in [0.2, 0.25) is 5.02 Å². The number of amides is 2. The largest absolute Gasteiger partial charge is 0.328 e. The number of hydrogen-bond donors (Lipinski definition) is 0. The van der Waals surface area contributed by atoms with Crippen LogP contribution >= 0.6 is 11.6 Å². The van der Waals surface area contributed by atoms with Crippen molar-refractivity contribution in [2.75, 3.05) is 6.54 Å². The first-order chi connectivity index (χ1) is 13.1. The summed E-state index contributed by atoms with van der Waals surface area (Å²) in [7, 11) is 0. The maximum Gasteiger partial charge on any atom is 0.250 e. The molecule has 27 heavy (non-hydrogen) atoms. The molecule has 0 unspecified atom stereocenters. The highest BCUT2D eigenvalue weighted by Crippen LogP contribution is 2.37. The zero-order chi connectivity index (χ0) is 18.8. The predicted molar refractivity (Wildman–Crippen MR) is 106 cm³/mol. The number of halogens is 1. The van der Waals surface area contributed by atoms with Crippen molar-refractivity contribution < 1.29 is 9.59 Å². The molecule has 0 N–H and O–H groups in total. The molecular formula is C22H29ClN2O2. The average Bonchev–Trinajstić information content (AvgIpc) is 3.06. The van der Waals surface area contributed by atoms with E-state index in [2.05, 4.69) is 0 Å². The predicted octanol–water partition coefficient (Wildman–Crippen LogP) is 4.72. The molecule has 1 atom stereocenters. The molecule has 0 spiro atoms. The molecule has 0 bridgehead atoms. The van der Waals surface area contributed by atoms with Crippen LogP contribution in [0, 0.1) is 0 Å². The van der Waals surface area contributed by atoms with Crippen LogP contribution in [0.5, 0.6) is 0 Å². The van der Waals surface area contributed by atoms with Gasteiger partial charge in [0.15, 0.2) is 0 Å². The van der Waals surface area contributed by atoms with Crippen LogP contribution in [0.1, 0.15) is 75.8 Å². The fourth-order valence-corrected chi connectivity index (χ4v) is 5.27. The Bertz CT molecular complexity index is 676. The van der Waals surface area contributed by atoms with Crippen molar-refractivity contribution in [1.29, 1.82) is 0 Å². The Morgan fingerprint density at radius 1 is 0.778 bits per heavy atom. The molecule has 1 aromatic rings. The van der Waals surface area contributed by atoms with Crippen LogP contribution in [-0.4, -0.2) is 40.2 Å². The van der Waals surface area contributed by atoms with Gasteiger partial charge in [-0.1, -0.05) is 62.3 Å².